The molecule has 0 spiro atoms. The van der Waals surface area contributed by atoms with E-state index in [1.807, 2.05) is 13.0 Å². The van der Waals surface area contributed by atoms with Crippen molar-refractivity contribution in [3.63, 3.8) is 0 Å². The number of rotatable bonds is 5. The van der Waals surface area contributed by atoms with Gasteiger partial charge in [0.2, 0.25) is 0 Å². The van der Waals surface area contributed by atoms with Crippen molar-refractivity contribution in [3.05, 3.63) is 24.2 Å². The highest BCUT2D eigenvalue weighted by molar-refractivity contribution is 5.69. The van der Waals surface area contributed by atoms with Crippen molar-refractivity contribution in [1.29, 1.82) is 0 Å². The predicted molar refractivity (Wildman–Crippen MR) is 51.8 cm³/mol. The molecule has 0 saturated carbocycles. The molecule has 0 aliphatic carbocycles. The molecule has 1 unspecified atom stereocenters. The van der Waals surface area contributed by atoms with E-state index in [2.05, 4.69) is 10.1 Å². The van der Waals surface area contributed by atoms with Crippen LogP contribution in [0.3, 0.4) is 0 Å². The number of esters is 1. The maximum absolute atomic E-state index is 10.8. The summed E-state index contributed by atoms with van der Waals surface area (Å²) in [5.41, 5.74) is 1.08. The largest absolute Gasteiger partial charge is 0.472 e. The summed E-state index contributed by atoms with van der Waals surface area (Å²) in [4.78, 5) is 10.8. The third kappa shape index (κ3) is 3.22. The summed E-state index contributed by atoms with van der Waals surface area (Å²) in [5.74, 6) is -0.197. The van der Waals surface area contributed by atoms with Crippen LogP contribution in [0.4, 0.5) is 0 Å². The van der Waals surface area contributed by atoms with Crippen LogP contribution in [0, 0.1) is 0 Å². The van der Waals surface area contributed by atoms with Crippen molar-refractivity contribution in [1.82, 2.24) is 5.32 Å². The number of hydrogen-bond donors (Lipinski definition) is 1. The Kier molecular flexibility index (Phi) is 4.19. The standard InChI is InChI=1S/C10H15NO3/c1-8(9-4-6-14-7-9)11-5-3-10(12)13-2/h4,6-8,11H,3,5H2,1-2H3. The lowest BCUT2D eigenvalue weighted by atomic mass is 10.2. The van der Waals surface area contributed by atoms with E-state index >= 15 is 0 Å². The fourth-order valence-corrected chi connectivity index (χ4v) is 1.13. The van der Waals surface area contributed by atoms with Gasteiger partial charge in [0.15, 0.2) is 0 Å². The molecule has 1 aromatic rings. The molecule has 0 radical (unpaired) electrons. The van der Waals surface area contributed by atoms with E-state index in [1.165, 1.54) is 7.11 Å². The van der Waals surface area contributed by atoms with E-state index in [9.17, 15) is 4.79 Å². The van der Waals surface area contributed by atoms with E-state index in [0.717, 1.165) is 5.56 Å². The molecule has 0 saturated heterocycles. The lowest BCUT2D eigenvalue weighted by Crippen LogP contribution is -2.22. The van der Waals surface area contributed by atoms with Crippen molar-refractivity contribution in [2.75, 3.05) is 13.7 Å². The SMILES string of the molecule is COC(=O)CCNC(C)c1ccoc1. The van der Waals surface area contributed by atoms with Crippen molar-refractivity contribution in [2.24, 2.45) is 0 Å². The maximum Gasteiger partial charge on any atom is 0.306 e. The number of carbonyl (C=O) groups excluding carboxylic acids is 1. The van der Waals surface area contributed by atoms with Gasteiger partial charge >= 0.3 is 5.97 Å². The summed E-state index contributed by atoms with van der Waals surface area (Å²) in [6.07, 6.45) is 3.71. The second kappa shape index (κ2) is 5.44. The Labute approximate surface area is 83.2 Å². The Balaban J connectivity index is 2.22. The molecule has 4 heteroatoms. The molecule has 1 rings (SSSR count). The van der Waals surface area contributed by atoms with Gasteiger partial charge in [-0.2, -0.15) is 0 Å². The highest BCUT2D eigenvalue weighted by Gasteiger charge is 2.06. The van der Waals surface area contributed by atoms with Gasteiger partial charge in [0.25, 0.3) is 0 Å². The molecule has 1 heterocycles. The van der Waals surface area contributed by atoms with Gasteiger partial charge < -0.3 is 14.5 Å². The molecular weight excluding hydrogens is 182 g/mol. The fraction of sp³-hybridized carbons (Fsp3) is 0.500. The van der Waals surface area contributed by atoms with Crippen LogP contribution in [0.5, 0.6) is 0 Å². The van der Waals surface area contributed by atoms with Crippen LogP contribution in [0.15, 0.2) is 23.0 Å². The number of ether oxygens (including phenoxy) is 1. The molecule has 0 aromatic carbocycles. The third-order valence-corrected chi connectivity index (χ3v) is 2.05. The first kappa shape index (κ1) is 10.8. The van der Waals surface area contributed by atoms with E-state index in [1.54, 1.807) is 12.5 Å². The summed E-state index contributed by atoms with van der Waals surface area (Å²) in [6, 6.07) is 2.09. The topological polar surface area (TPSA) is 51.5 Å². The molecule has 14 heavy (non-hydrogen) atoms. The van der Waals surface area contributed by atoms with E-state index in [4.69, 9.17) is 4.42 Å². The van der Waals surface area contributed by atoms with Crippen LogP contribution in [0.2, 0.25) is 0 Å². The molecule has 78 valence electrons. The van der Waals surface area contributed by atoms with E-state index in [0.29, 0.717) is 13.0 Å². The van der Waals surface area contributed by atoms with Gasteiger partial charge in [0, 0.05) is 18.2 Å². The summed E-state index contributed by atoms with van der Waals surface area (Å²) in [6.45, 7) is 2.63. The minimum atomic E-state index is -0.197. The first-order valence-corrected chi connectivity index (χ1v) is 4.56. The normalized spacial score (nSPS) is 12.4. The van der Waals surface area contributed by atoms with Crippen molar-refractivity contribution in [2.45, 2.75) is 19.4 Å². The van der Waals surface area contributed by atoms with Gasteiger partial charge in [-0.3, -0.25) is 4.79 Å². The lowest BCUT2D eigenvalue weighted by molar-refractivity contribution is -0.140. The minimum absolute atomic E-state index is 0.193. The van der Waals surface area contributed by atoms with Crippen LogP contribution >= 0.6 is 0 Å². The second-order valence-corrected chi connectivity index (χ2v) is 3.06. The molecule has 0 aliphatic rings. The molecule has 0 bridgehead atoms. The molecular formula is C10H15NO3. The summed E-state index contributed by atoms with van der Waals surface area (Å²) in [5, 5.41) is 3.19. The highest BCUT2D eigenvalue weighted by atomic mass is 16.5. The second-order valence-electron chi connectivity index (χ2n) is 3.06. The first-order valence-electron chi connectivity index (χ1n) is 4.56. The molecule has 1 N–H and O–H groups in total. The van der Waals surface area contributed by atoms with Crippen LogP contribution in [0.25, 0.3) is 0 Å². The maximum atomic E-state index is 10.8. The fourth-order valence-electron chi connectivity index (χ4n) is 1.13. The zero-order valence-corrected chi connectivity index (χ0v) is 8.45. The molecule has 0 aliphatic heterocycles. The monoisotopic (exact) mass is 197 g/mol. The van der Waals surface area contributed by atoms with Crippen molar-refractivity contribution >= 4 is 5.97 Å². The Bertz CT molecular complexity index is 269. The number of hydrogen-bond acceptors (Lipinski definition) is 4. The number of furan rings is 1. The average Bonchev–Trinajstić information content (AvgIpc) is 2.70. The van der Waals surface area contributed by atoms with Gasteiger partial charge in [-0.05, 0) is 13.0 Å². The van der Waals surface area contributed by atoms with E-state index < -0.39 is 0 Å². The van der Waals surface area contributed by atoms with E-state index in [-0.39, 0.29) is 12.0 Å². The molecule has 0 fully saturated rings. The van der Waals surface area contributed by atoms with Crippen molar-refractivity contribution in [3.8, 4) is 0 Å². The third-order valence-electron chi connectivity index (χ3n) is 2.05. The van der Waals surface area contributed by atoms with Crippen molar-refractivity contribution < 1.29 is 13.9 Å². The Morgan fingerprint density at radius 2 is 2.50 bits per heavy atom. The summed E-state index contributed by atoms with van der Waals surface area (Å²) >= 11 is 0. The zero-order valence-electron chi connectivity index (χ0n) is 8.45. The number of nitrogens with one attached hydrogen (secondary N) is 1. The molecule has 1 aromatic heterocycles. The van der Waals surface area contributed by atoms with Gasteiger partial charge in [0.05, 0.1) is 26.1 Å². The van der Waals surface area contributed by atoms with Crippen LogP contribution in [-0.2, 0) is 9.53 Å². The lowest BCUT2D eigenvalue weighted by Gasteiger charge is -2.10. The van der Waals surface area contributed by atoms with Crippen LogP contribution in [-0.4, -0.2) is 19.6 Å². The highest BCUT2D eigenvalue weighted by Crippen LogP contribution is 2.11. The Morgan fingerprint density at radius 1 is 1.71 bits per heavy atom. The summed E-state index contributed by atoms with van der Waals surface area (Å²) in [7, 11) is 1.39. The molecule has 4 nitrogen and oxygen atoms in total. The van der Waals surface area contributed by atoms with Gasteiger partial charge in [0.1, 0.15) is 0 Å². The average molecular weight is 197 g/mol. The Hall–Kier alpha value is -1.29. The van der Waals surface area contributed by atoms with Gasteiger partial charge in [-0.15, -0.1) is 0 Å². The summed E-state index contributed by atoms with van der Waals surface area (Å²) < 4.78 is 9.48. The first-order chi connectivity index (χ1) is 6.74. The quantitative estimate of drug-likeness (QED) is 0.727. The Morgan fingerprint density at radius 3 is 3.07 bits per heavy atom. The van der Waals surface area contributed by atoms with Gasteiger partial charge in [-0.1, -0.05) is 0 Å². The number of methoxy groups -OCH3 is 1. The molecule has 0 amide bonds. The van der Waals surface area contributed by atoms with Crippen LogP contribution < -0.4 is 5.32 Å². The van der Waals surface area contributed by atoms with Gasteiger partial charge in [-0.25, -0.2) is 0 Å². The zero-order chi connectivity index (χ0) is 10.4. The minimum Gasteiger partial charge on any atom is -0.472 e. The predicted octanol–water partition coefficient (Wildman–Crippen LogP) is 1.49. The smallest absolute Gasteiger partial charge is 0.306 e. The molecule has 1 atom stereocenters. The van der Waals surface area contributed by atoms with Crippen LogP contribution in [0.1, 0.15) is 24.9 Å². The number of carbonyl (C=O) groups is 1.